The highest BCUT2D eigenvalue weighted by Crippen LogP contribution is 2.49. The third-order valence-electron chi connectivity index (χ3n) is 9.85. The molecule has 8 aromatic carbocycles. The first-order valence-electron chi connectivity index (χ1n) is 16.9. The number of fused-ring (bicyclic) bond motifs is 4. The van der Waals surface area contributed by atoms with Crippen molar-refractivity contribution in [1.29, 1.82) is 0 Å². The van der Waals surface area contributed by atoms with E-state index in [4.69, 9.17) is 15.0 Å². The summed E-state index contributed by atoms with van der Waals surface area (Å²) >= 11 is 0. The summed E-state index contributed by atoms with van der Waals surface area (Å²) in [7, 11) is 0. The standard InChI is InChI=1S/C47H29N3/c1-3-14-31(15-4-1)45-48-46(32-16-5-2-6-17-32)50-47(49-45)35-28-33(37-22-11-18-30-13-7-8-19-36(30)37)27-34(29-35)38-25-26-43-40-21-10-9-20-39(40)42-24-12-23-41(38)44(42)43/h1-29H. The molecule has 0 saturated heterocycles. The van der Waals surface area contributed by atoms with E-state index >= 15 is 0 Å². The summed E-state index contributed by atoms with van der Waals surface area (Å²) in [5, 5.41) is 4.96. The molecule has 0 atom stereocenters. The third kappa shape index (κ3) is 4.63. The number of benzene rings is 8. The van der Waals surface area contributed by atoms with Gasteiger partial charge in [-0.15, -0.1) is 0 Å². The van der Waals surface area contributed by atoms with E-state index in [1.165, 1.54) is 54.9 Å². The van der Waals surface area contributed by atoms with Crippen LogP contribution in [0.2, 0.25) is 0 Å². The minimum Gasteiger partial charge on any atom is -0.208 e. The van der Waals surface area contributed by atoms with Crippen LogP contribution in [0.4, 0.5) is 0 Å². The van der Waals surface area contributed by atoms with Gasteiger partial charge in [-0.25, -0.2) is 15.0 Å². The Kier molecular flexibility index (Phi) is 6.49. The van der Waals surface area contributed by atoms with Crippen molar-refractivity contribution >= 4 is 21.5 Å². The molecule has 1 aliphatic rings. The quantitative estimate of drug-likeness (QED) is 0.189. The second-order valence-corrected chi connectivity index (χ2v) is 12.8. The van der Waals surface area contributed by atoms with E-state index in [9.17, 15) is 0 Å². The molecule has 1 aromatic heterocycles. The molecule has 0 fully saturated rings. The first-order chi connectivity index (χ1) is 24.8. The number of nitrogens with zero attached hydrogens (tertiary/aromatic N) is 3. The average molecular weight is 636 g/mol. The zero-order chi connectivity index (χ0) is 33.0. The lowest BCUT2D eigenvalue weighted by molar-refractivity contribution is 1.07. The molecule has 0 N–H and O–H groups in total. The topological polar surface area (TPSA) is 38.7 Å². The monoisotopic (exact) mass is 635 g/mol. The van der Waals surface area contributed by atoms with Gasteiger partial charge in [-0.05, 0) is 84.3 Å². The lowest BCUT2D eigenvalue weighted by Gasteiger charge is -2.15. The average Bonchev–Trinajstić information content (AvgIpc) is 3.53. The van der Waals surface area contributed by atoms with Crippen molar-refractivity contribution in [3.63, 3.8) is 0 Å². The van der Waals surface area contributed by atoms with Crippen molar-refractivity contribution in [1.82, 2.24) is 15.0 Å². The zero-order valence-corrected chi connectivity index (χ0v) is 27.1. The predicted octanol–water partition coefficient (Wildman–Crippen LogP) is 12.2. The lowest BCUT2D eigenvalue weighted by atomic mass is 9.90. The summed E-state index contributed by atoms with van der Waals surface area (Å²) in [6, 6.07) is 62.3. The molecule has 1 aliphatic carbocycles. The molecule has 50 heavy (non-hydrogen) atoms. The van der Waals surface area contributed by atoms with Crippen molar-refractivity contribution in [2.24, 2.45) is 0 Å². The summed E-state index contributed by atoms with van der Waals surface area (Å²) in [4.78, 5) is 15.2. The van der Waals surface area contributed by atoms with Gasteiger partial charge in [0.2, 0.25) is 0 Å². The Morgan fingerprint density at radius 1 is 0.260 bits per heavy atom. The molecule has 0 radical (unpaired) electrons. The smallest absolute Gasteiger partial charge is 0.164 e. The van der Waals surface area contributed by atoms with E-state index in [1.54, 1.807) is 0 Å². The minimum absolute atomic E-state index is 0.638. The Bertz CT molecular complexity index is 2660. The fourth-order valence-electron chi connectivity index (χ4n) is 7.54. The van der Waals surface area contributed by atoms with E-state index in [2.05, 4.69) is 140 Å². The van der Waals surface area contributed by atoms with Gasteiger partial charge in [0.15, 0.2) is 17.5 Å². The number of aromatic nitrogens is 3. The van der Waals surface area contributed by atoms with Crippen LogP contribution in [-0.2, 0) is 0 Å². The van der Waals surface area contributed by atoms with Gasteiger partial charge >= 0.3 is 0 Å². The molecule has 3 nitrogen and oxygen atoms in total. The van der Waals surface area contributed by atoms with Gasteiger partial charge < -0.3 is 0 Å². The molecule has 0 aliphatic heterocycles. The molecular weight excluding hydrogens is 607 g/mol. The second kappa shape index (κ2) is 11.5. The molecular formula is C47H29N3. The van der Waals surface area contributed by atoms with E-state index < -0.39 is 0 Å². The minimum atomic E-state index is 0.638. The molecule has 0 spiro atoms. The summed E-state index contributed by atoms with van der Waals surface area (Å²) < 4.78 is 0. The van der Waals surface area contributed by atoms with Gasteiger partial charge in [-0.3, -0.25) is 0 Å². The highest BCUT2D eigenvalue weighted by atomic mass is 15.0. The maximum atomic E-state index is 5.14. The van der Waals surface area contributed by atoms with Gasteiger partial charge in [0.1, 0.15) is 0 Å². The Morgan fingerprint density at radius 2 is 0.680 bits per heavy atom. The highest BCUT2D eigenvalue weighted by molar-refractivity contribution is 6.18. The van der Waals surface area contributed by atoms with E-state index in [-0.39, 0.29) is 0 Å². The van der Waals surface area contributed by atoms with Gasteiger partial charge in [0, 0.05) is 16.7 Å². The summed E-state index contributed by atoms with van der Waals surface area (Å²) in [5.74, 6) is 1.93. The summed E-state index contributed by atoms with van der Waals surface area (Å²) in [6.07, 6.45) is 0. The molecule has 0 amide bonds. The number of rotatable bonds is 5. The molecule has 3 heteroatoms. The number of hydrogen-bond donors (Lipinski definition) is 0. The molecule has 0 unspecified atom stereocenters. The van der Waals surface area contributed by atoms with Crippen LogP contribution in [0, 0.1) is 0 Å². The Balaban J connectivity index is 1.25. The zero-order valence-electron chi connectivity index (χ0n) is 27.1. The lowest BCUT2D eigenvalue weighted by Crippen LogP contribution is -2.00. The second-order valence-electron chi connectivity index (χ2n) is 12.8. The van der Waals surface area contributed by atoms with Crippen LogP contribution in [0.3, 0.4) is 0 Å². The van der Waals surface area contributed by atoms with Crippen molar-refractivity contribution < 1.29 is 0 Å². The van der Waals surface area contributed by atoms with Gasteiger partial charge in [-0.2, -0.15) is 0 Å². The van der Waals surface area contributed by atoms with Crippen LogP contribution >= 0.6 is 0 Å². The number of hydrogen-bond acceptors (Lipinski definition) is 3. The Hall–Kier alpha value is -6.71. The van der Waals surface area contributed by atoms with Gasteiger partial charge in [0.25, 0.3) is 0 Å². The fourth-order valence-corrected chi connectivity index (χ4v) is 7.54. The van der Waals surface area contributed by atoms with Crippen LogP contribution in [-0.4, -0.2) is 15.0 Å². The van der Waals surface area contributed by atoms with Crippen LogP contribution in [0.15, 0.2) is 176 Å². The van der Waals surface area contributed by atoms with E-state index in [1.807, 2.05) is 36.4 Å². The predicted molar refractivity (Wildman–Crippen MR) is 206 cm³/mol. The van der Waals surface area contributed by atoms with Gasteiger partial charge in [-0.1, -0.05) is 158 Å². The molecule has 10 rings (SSSR count). The SMILES string of the molecule is c1ccc(-c2nc(-c3ccccc3)nc(-c3cc(-c4cccc5ccccc45)cc(-c4ccc5c6c(cccc46)-c4ccccc4-5)c3)n2)cc1. The first-order valence-corrected chi connectivity index (χ1v) is 16.9. The van der Waals surface area contributed by atoms with Crippen LogP contribution in [0.5, 0.6) is 0 Å². The maximum Gasteiger partial charge on any atom is 0.164 e. The highest BCUT2D eigenvalue weighted by Gasteiger charge is 2.23. The summed E-state index contributed by atoms with van der Waals surface area (Å²) in [6.45, 7) is 0. The van der Waals surface area contributed by atoms with Crippen LogP contribution in [0.25, 0.3) is 100 Å². The Morgan fingerprint density at radius 3 is 1.36 bits per heavy atom. The van der Waals surface area contributed by atoms with Crippen molar-refractivity contribution in [2.45, 2.75) is 0 Å². The normalized spacial score (nSPS) is 11.6. The van der Waals surface area contributed by atoms with Crippen LogP contribution < -0.4 is 0 Å². The van der Waals surface area contributed by atoms with Crippen LogP contribution in [0.1, 0.15) is 0 Å². The largest absolute Gasteiger partial charge is 0.208 e. The first kappa shape index (κ1) is 28.3. The molecule has 1 heterocycles. The molecule has 9 aromatic rings. The van der Waals surface area contributed by atoms with E-state index in [0.717, 1.165) is 27.8 Å². The third-order valence-corrected chi connectivity index (χ3v) is 9.85. The molecule has 0 bridgehead atoms. The van der Waals surface area contributed by atoms with Gasteiger partial charge in [0.05, 0.1) is 0 Å². The van der Waals surface area contributed by atoms with Crippen molar-refractivity contribution in [3.8, 4) is 78.7 Å². The maximum absolute atomic E-state index is 5.14. The van der Waals surface area contributed by atoms with E-state index in [0.29, 0.717) is 17.5 Å². The van der Waals surface area contributed by atoms with Crippen molar-refractivity contribution in [2.75, 3.05) is 0 Å². The van der Waals surface area contributed by atoms with Crippen molar-refractivity contribution in [3.05, 3.63) is 176 Å². The molecule has 232 valence electrons. The molecule has 0 saturated carbocycles. The summed E-state index contributed by atoms with van der Waals surface area (Å²) in [5.41, 5.74) is 12.6. The Labute approximate surface area is 290 Å². The fraction of sp³-hybridized carbons (Fsp3) is 0.